The maximum absolute atomic E-state index is 13.5. The van der Waals surface area contributed by atoms with Crippen molar-refractivity contribution < 1.29 is 45.8 Å². The molecule has 2 aromatic rings. The van der Waals surface area contributed by atoms with E-state index in [0.29, 0.717) is 24.5 Å². The molecule has 0 aliphatic heterocycles. The highest BCUT2D eigenvalue weighted by molar-refractivity contribution is 6.23. The monoisotopic (exact) mass is 515 g/mol. The minimum absolute atomic E-state index is 0.0349. The SMILES string of the molecule is CN/C(Oc1cccc(C(F)(F)F)c1)=C(\C(=N)C(F)(F)F)C(=O)NC1(c2ccc(C(=O)O)cc2)CC1. The lowest BCUT2D eigenvalue weighted by molar-refractivity contribution is -0.137. The molecule has 0 saturated heterocycles. The summed E-state index contributed by atoms with van der Waals surface area (Å²) >= 11 is 0. The van der Waals surface area contributed by atoms with Gasteiger partial charge in [-0.05, 0) is 48.7 Å². The van der Waals surface area contributed by atoms with Crippen LogP contribution in [0.15, 0.2) is 60.0 Å². The molecule has 1 amide bonds. The Balaban J connectivity index is 1.98. The van der Waals surface area contributed by atoms with Crippen molar-refractivity contribution in [1.29, 1.82) is 5.41 Å². The summed E-state index contributed by atoms with van der Waals surface area (Å²) in [5.74, 6) is -3.94. The number of carboxylic acids is 1. The van der Waals surface area contributed by atoms with Gasteiger partial charge >= 0.3 is 18.3 Å². The molecule has 4 N–H and O–H groups in total. The molecule has 1 aliphatic rings. The normalized spacial score (nSPS) is 15.4. The van der Waals surface area contributed by atoms with Crippen LogP contribution in [-0.2, 0) is 16.5 Å². The van der Waals surface area contributed by atoms with E-state index in [1.807, 2.05) is 0 Å². The Morgan fingerprint density at radius 3 is 2.11 bits per heavy atom. The molecule has 36 heavy (non-hydrogen) atoms. The summed E-state index contributed by atoms with van der Waals surface area (Å²) in [6.45, 7) is 0. The van der Waals surface area contributed by atoms with E-state index in [1.54, 1.807) is 0 Å². The quantitative estimate of drug-likeness (QED) is 0.178. The van der Waals surface area contributed by atoms with Gasteiger partial charge in [-0.3, -0.25) is 10.2 Å². The fourth-order valence-corrected chi connectivity index (χ4v) is 3.38. The molecule has 0 spiro atoms. The molecule has 2 aromatic carbocycles. The molecule has 0 aromatic heterocycles. The lowest BCUT2D eigenvalue weighted by Crippen LogP contribution is -2.42. The van der Waals surface area contributed by atoms with Crippen molar-refractivity contribution in [3.05, 3.63) is 76.7 Å². The minimum Gasteiger partial charge on any atom is -0.478 e. The van der Waals surface area contributed by atoms with E-state index in [0.717, 1.165) is 25.2 Å². The number of aromatic carboxylic acids is 1. The lowest BCUT2D eigenvalue weighted by atomic mass is 10.0. The zero-order valence-corrected chi connectivity index (χ0v) is 18.5. The summed E-state index contributed by atoms with van der Waals surface area (Å²) in [7, 11) is 1.08. The van der Waals surface area contributed by atoms with E-state index >= 15 is 0 Å². The van der Waals surface area contributed by atoms with Crippen molar-refractivity contribution in [1.82, 2.24) is 10.6 Å². The number of rotatable bonds is 8. The fourth-order valence-electron chi connectivity index (χ4n) is 3.38. The summed E-state index contributed by atoms with van der Waals surface area (Å²) in [6.07, 6.45) is -9.40. The van der Waals surface area contributed by atoms with Crippen LogP contribution in [0.1, 0.15) is 34.3 Å². The molecule has 13 heteroatoms. The van der Waals surface area contributed by atoms with Gasteiger partial charge in [-0.1, -0.05) is 18.2 Å². The first-order chi connectivity index (χ1) is 16.7. The van der Waals surface area contributed by atoms with Crippen molar-refractivity contribution in [2.75, 3.05) is 7.05 Å². The molecule has 1 fully saturated rings. The Kier molecular flexibility index (Phi) is 7.05. The maximum Gasteiger partial charge on any atom is 0.433 e. The molecule has 0 atom stereocenters. The summed E-state index contributed by atoms with van der Waals surface area (Å²) in [4.78, 5) is 24.1. The Morgan fingerprint density at radius 1 is 1.03 bits per heavy atom. The summed E-state index contributed by atoms with van der Waals surface area (Å²) in [5, 5.41) is 21.3. The molecule has 3 rings (SSSR count). The Bertz CT molecular complexity index is 1220. The van der Waals surface area contributed by atoms with Crippen LogP contribution < -0.4 is 15.4 Å². The fraction of sp³-hybridized carbons (Fsp3) is 0.261. The number of nitrogens with one attached hydrogen (secondary N) is 3. The van der Waals surface area contributed by atoms with Crippen molar-refractivity contribution in [2.24, 2.45) is 0 Å². The third-order valence-electron chi connectivity index (χ3n) is 5.38. The Labute approximate surface area is 200 Å². The lowest BCUT2D eigenvalue weighted by Gasteiger charge is -2.22. The number of benzene rings is 2. The molecular weight excluding hydrogens is 496 g/mol. The first-order valence-corrected chi connectivity index (χ1v) is 10.3. The van der Waals surface area contributed by atoms with Gasteiger partial charge in [0.15, 0.2) is 5.71 Å². The molecule has 1 saturated carbocycles. The summed E-state index contributed by atoms with van der Waals surface area (Å²) in [6, 6.07) is 8.65. The maximum atomic E-state index is 13.5. The Hall–Kier alpha value is -4.03. The van der Waals surface area contributed by atoms with E-state index < -0.39 is 58.2 Å². The number of carbonyl (C=O) groups excluding carboxylic acids is 1. The third kappa shape index (κ3) is 5.78. The van der Waals surface area contributed by atoms with Gasteiger partial charge in [-0.15, -0.1) is 0 Å². The van der Waals surface area contributed by atoms with Crippen molar-refractivity contribution in [3.63, 3.8) is 0 Å². The zero-order valence-electron chi connectivity index (χ0n) is 18.5. The molecule has 0 bridgehead atoms. The smallest absolute Gasteiger partial charge is 0.433 e. The van der Waals surface area contributed by atoms with Crippen molar-refractivity contribution in [2.45, 2.75) is 30.7 Å². The van der Waals surface area contributed by atoms with Gasteiger partial charge in [-0.2, -0.15) is 26.3 Å². The molecule has 0 heterocycles. The number of carbonyl (C=O) groups is 2. The zero-order chi connectivity index (χ0) is 26.9. The van der Waals surface area contributed by atoms with Crippen LogP contribution in [0.4, 0.5) is 26.3 Å². The van der Waals surface area contributed by atoms with E-state index in [4.69, 9.17) is 15.3 Å². The molecule has 0 radical (unpaired) electrons. The van der Waals surface area contributed by atoms with Gasteiger partial charge in [-0.25, -0.2) is 4.79 Å². The predicted octanol–water partition coefficient (Wildman–Crippen LogP) is 4.60. The topological polar surface area (TPSA) is 112 Å². The van der Waals surface area contributed by atoms with Crippen molar-refractivity contribution in [3.8, 4) is 5.75 Å². The first-order valence-electron chi connectivity index (χ1n) is 10.3. The highest BCUT2D eigenvalue weighted by Crippen LogP contribution is 2.46. The second kappa shape index (κ2) is 9.55. The van der Waals surface area contributed by atoms with E-state index in [-0.39, 0.29) is 5.56 Å². The van der Waals surface area contributed by atoms with Crippen LogP contribution in [0.2, 0.25) is 0 Å². The van der Waals surface area contributed by atoms with Gasteiger partial charge in [0.05, 0.1) is 16.7 Å². The third-order valence-corrected chi connectivity index (χ3v) is 5.38. The van der Waals surface area contributed by atoms with Crippen LogP contribution in [0.3, 0.4) is 0 Å². The number of halogens is 6. The van der Waals surface area contributed by atoms with Crippen LogP contribution >= 0.6 is 0 Å². The van der Waals surface area contributed by atoms with Gasteiger partial charge < -0.3 is 20.5 Å². The van der Waals surface area contributed by atoms with Crippen LogP contribution in [0.25, 0.3) is 0 Å². The average molecular weight is 515 g/mol. The van der Waals surface area contributed by atoms with Gasteiger partial charge in [0.1, 0.15) is 11.3 Å². The minimum atomic E-state index is -5.29. The number of hydrogen-bond acceptors (Lipinski definition) is 5. The van der Waals surface area contributed by atoms with Crippen molar-refractivity contribution >= 4 is 17.6 Å². The van der Waals surface area contributed by atoms with Gasteiger partial charge in [0.25, 0.3) is 5.91 Å². The number of amides is 1. The molecule has 192 valence electrons. The summed E-state index contributed by atoms with van der Waals surface area (Å²) in [5.41, 5.74) is -5.19. The second-order valence-electron chi connectivity index (χ2n) is 7.87. The van der Waals surface area contributed by atoms with Crippen LogP contribution in [-0.4, -0.2) is 35.9 Å². The molecular formula is C23H19F6N3O4. The highest BCUT2D eigenvalue weighted by Gasteiger charge is 2.49. The van der Waals surface area contributed by atoms with E-state index in [2.05, 4.69) is 10.6 Å². The van der Waals surface area contributed by atoms with Crippen LogP contribution in [0.5, 0.6) is 5.75 Å². The number of ether oxygens (including phenoxy) is 1. The first kappa shape index (κ1) is 26.6. The second-order valence-corrected chi connectivity index (χ2v) is 7.87. The molecule has 7 nitrogen and oxygen atoms in total. The average Bonchev–Trinajstić information content (AvgIpc) is 3.58. The number of carboxylic acid groups (broad SMARTS) is 1. The largest absolute Gasteiger partial charge is 0.478 e. The van der Waals surface area contributed by atoms with Crippen LogP contribution in [0, 0.1) is 5.41 Å². The van der Waals surface area contributed by atoms with Gasteiger partial charge in [0, 0.05) is 7.05 Å². The summed E-state index contributed by atoms with van der Waals surface area (Å²) < 4.78 is 84.7. The van der Waals surface area contributed by atoms with Gasteiger partial charge in [0.2, 0.25) is 5.88 Å². The highest BCUT2D eigenvalue weighted by atomic mass is 19.4. The van der Waals surface area contributed by atoms with E-state index in [9.17, 15) is 35.9 Å². The number of hydrogen-bond donors (Lipinski definition) is 4. The molecule has 1 aliphatic carbocycles. The number of alkyl halides is 6. The molecule has 0 unspecified atom stereocenters. The predicted molar refractivity (Wildman–Crippen MR) is 114 cm³/mol. The Morgan fingerprint density at radius 2 is 1.64 bits per heavy atom. The van der Waals surface area contributed by atoms with E-state index in [1.165, 1.54) is 24.3 Å². The standard InChI is InChI=1S/C23H19F6N3O4/c1-31-19(36-15-4-2-3-14(11-15)22(24,25)26)16(17(30)23(27,28)29)18(33)32-21(9-10-21)13-7-5-12(6-8-13)20(34)35/h2-8,11,30-31H,9-10H2,1H3,(H,32,33)(H,34,35)/b19-16-,30-17?.